The number of allylic oxidation sites excluding steroid dienone is 16. The Morgan fingerprint density at radius 2 is 0.781 bits per heavy atom. The van der Waals surface area contributed by atoms with E-state index in [4.69, 9.17) is 18.5 Å². The molecule has 0 fully saturated rings. The zero-order chi connectivity index (χ0) is 53.5. The molecule has 0 heterocycles. The van der Waals surface area contributed by atoms with Gasteiger partial charge >= 0.3 is 11.9 Å². The number of carbonyl (C=O) groups is 2. The third-order valence-electron chi connectivity index (χ3n) is 12.3. The average Bonchev–Trinajstić information content (AvgIpc) is 3.35. The van der Waals surface area contributed by atoms with Crippen LogP contribution in [0.15, 0.2) is 97.2 Å². The van der Waals surface area contributed by atoms with E-state index < -0.39 is 32.5 Å². The fourth-order valence-electron chi connectivity index (χ4n) is 7.81. The van der Waals surface area contributed by atoms with Crippen molar-refractivity contribution in [2.45, 2.75) is 245 Å². The summed E-state index contributed by atoms with van der Waals surface area (Å²) >= 11 is 0. The Bertz CT molecular complexity index is 1550. The number of carbonyl (C=O) groups excluding carboxylic acids is 2. The van der Waals surface area contributed by atoms with E-state index in [-0.39, 0.29) is 26.1 Å². The number of likely N-dealkylation sites (N-methyl/N-ethyl adjacent to an activating group) is 1. The molecule has 10 heteroatoms. The predicted octanol–water partition coefficient (Wildman–Crippen LogP) is 17.8. The molecule has 0 bridgehead atoms. The minimum absolute atomic E-state index is 0.0362. The van der Waals surface area contributed by atoms with E-state index in [1.165, 1.54) is 96.3 Å². The molecule has 0 saturated carbocycles. The van der Waals surface area contributed by atoms with E-state index in [0.29, 0.717) is 17.4 Å². The first-order valence-electron chi connectivity index (χ1n) is 29.4. The van der Waals surface area contributed by atoms with Gasteiger partial charge in [0, 0.05) is 12.8 Å². The average molecular weight is 1040 g/mol. The van der Waals surface area contributed by atoms with Crippen LogP contribution < -0.4 is 4.89 Å². The second kappa shape index (κ2) is 53.7. The van der Waals surface area contributed by atoms with Crippen LogP contribution in [0.2, 0.25) is 0 Å². The van der Waals surface area contributed by atoms with Gasteiger partial charge in [-0.25, -0.2) is 0 Å². The third kappa shape index (κ3) is 58.1. The van der Waals surface area contributed by atoms with Gasteiger partial charge in [-0.2, -0.15) is 0 Å². The van der Waals surface area contributed by atoms with Crippen molar-refractivity contribution >= 4 is 19.8 Å². The molecular formula is C63H110NO8P. The summed E-state index contributed by atoms with van der Waals surface area (Å²) in [7, 11) is 1.15. The van der Waals surface area contributed by atoms with Crippen LogP contribution in [0.3, 0.4) is 0 Å². The first kappa shape index (κ1) is 69.9. The van der Waals surface area contributed by atoms with Crippen molar-refractivity contribution in [3.8, 4) is 0 Å². The summed E-state index contributed by atoms with van der Waals surface area (Å²) < 4.78 is 34.1. The minimum atomic E-state index is -4.64. The van der Waals surface area contributed by atoms with Gasteiger partial charge in [0.2, 0.25) is 0 Å². The number of hydrogen-bond acceptors (Lipinski definition) is 8. The summed E-state index contributed by atoms with van der Waals surface area (Å²) in [5.41, 5.74) is 0. The van der Waals surface area contributed by atoms with Crippen molar-refractivity contribution in [1.82, 2.24) is 0 Å². The van der Waals surface area contributed by atoms with Crippen LogP contribution in [0.1, 0.15) is 239 Å². The Labute approximate surface area is 449 Å². The van der Waals surface area contributed by atoms with Crippen LogP contribution in [0.25, 0.3) is 0 Å². The number of nitrogens with zero attached hydrogens (tertiary/aromatic N) is 1. The number of phosphoric ester groups is 1. The van der Waals surface area contributed by atoms with E-state index in [1.54, 1.807) is 0 Å². The maximum atomic E-state index is 12.8. The van der Waals surface area contributed by atoms with Crippen molar-refractivity contribution in [3.05, 3.63) is 97.2 Å². The lowest BCUT2D eigenvalue weighted by atomic mass is 10.0. The van der Waals surface area contributed by atoms with Crippen LogP contribution in [0.4, 0.5) is 0 Å². The van der Waals surface area contributed by atoms with Gasteiger partial charge < -0.3 is 27.9 Å². The zero-order valence-corrected chi connectivity index (χ0v) is 48.4. The number of esters is 2. The molecule has 420 valence electrons. The summed E-state index contributed by atoms with van der Waals surface area (Å²) in [5, 5.41) is 0. The first-order valence-corrected chi connectivity index (χ1v) is 30.9. The number of quaternary nitrogens is 1. The van der Waals surface area contributed by atoms with E-state index in [1.807, 2.05) is 21.1 Å². The fourth-order valence-corrected chi connectivity index (χ4v) is 8.54. The molecule has 0 aromatic heterocycles. The van der Waals surface area contributed by atoms with Gasteiger partial charge in [0.25, 0.3) is 7.82 Å². The Morgan fingerprint density at radius 1 is 0.438 bits per heavy atom. The van der Waals surface area contributed by atoms with Gasteiger partial charge in [0.1, 0.15) is 19.8 Å². The van der Waals surface area contributed by atoms with E-state index in [9.17, 15) is 19.0 Å². The highest BCUT2D eigenvalue weighted by atomic mass is 31.2. The summed E-state index contributed by atoms with van der Waals surface area (Å²) in [4.78, 5) is 37.8. The van der Waals surface area contributed by atoms with Gasteiger partial charge in [-0.1, -0.05) is 227 Å². The Morgan fingerprint density at radius 3 is 1.18 bits per heavy atom. The van der Waals surface area contributed by atoms with E-state index in [2.05, 4.69) is 111 Å². The monoisotopic (exact) mass is 1040 g/mol. The molecule has 0 saturated heterocycles. The second-order valence-electron chi connectivity index (χ2n) is 20.6. The topological polar surface area (TPSA) is 111 Å². The van der Waals surface area contributed by atoms with Crippen molar-refractivity contribution in [3.63, 3.8) is 0 Å². The SMILES string of the molecule is CC/C=C\C/C=C\C/C=C\C/C=C\C/C=C\C/C=C\C/C=C\CCCCCCCCCCCCCC(=O)OC(COC(=O)CCCCCCC/C=C\CCCCCCCCC)COP(=O)([O-])OCC[N+](C)(C)C. The number of rotatable bonds is 53. The van der Waals surface area contributed by atoms with Crippen molar-refractivity contribution < 1.29 is 42.1 Å². The molecule has 0 aliphatic carbocycles. The highest BCUT2D eigenvalue weighted by Gasteiger charge is 2.21. The Hall–Kier alpha value is -3.07. The summed E-state index contributed by atoms with van der Waals surface area (Å²) in [6.07, 6.45) is 73.1. The van der Waals surface area contributed by atoms with E-state index >= 15 is 0 Å². The maximum Gasteiger partial charge on any atom is 0.306 e. The molecule has 0 N–H and O–H groups in total. The lowest BCUT2D eigenvalue weighted by Crippen LogP contribution is -2.37. The summed E-state index contributed by atoms with van der Waals surface area (Å²) in [6, 6.07) is 0. The zero-order valence-electron chi connectivity index (χ0n) is 47.6. The molecule has 73 heavy (non-hydrogen) atoms. The Kier molecular flexibility index (Phi) is 51.5. The number of unbranched alkanes of at least 4 members (excludes halogenated alkanes) is 23. The second-order valence-corrected chi connectivity index (χ2v) is 22.0. The standard InChI is InChI=1S/C63H110NO8P/c1-6-8-10-12-14-16-18-20-22-24-25-26-27-28-29-30-31-32-33-34-35-36-37-38-39-40-42-44-46-48-50-52-54-56-63(66)72-61(60-71-73(67,68)70-58-57-64(3,4)5)59-69-62(65)55-53-51-49-47-45-43-41-23-21-19-17-15-13-11-9-7-2/h8,10,14,16,20,22-23,25-26,28-29,31-32,34-35,41,61H,6-7,9,11-13,15,17-19,21,24,27,30,33,36-40,42-60H2,1-5H3/b10-8-,16-14-,22-20-,26-25-,29-28-,32-31-,35-34-,41-23-. The lowest BCUT2D eigenvalue weighted by Gasteiger charge is -2.28. The number of ether oxygens (including phenoxy) is 2. The van der Waals surface area contributed by atoms with Gasteiger partial charge in [-0.3, -0.25) is 14.2 Å². The number of phosphoric acid groups is 1. The molecule has 0 aliphatic rings. The fraction of sp³-hybridized carbons (Fsp3) is 0.714. The summed E-state index contributed by atoms with van der Waals surface area (Å²) in [6.45, 7) is 4.11. The smallest absolute Gasteiger partial charge is 0.306 e. The lowest BCUT2D eigenvalue weighted by molar-refractivity contribution is -0.870. The van der Waals surface area contributed by atoms with Crippen LogP contribution in [0, 0.1) is 0 Å². The van der Waals surface area contributed by atoms with Crippen LogP contribution in [-0.4, -0.2) is 70.0 Å². The van der Waals surface area contributed by atoms with Crippen LogP contribution in [-0.2, 0) is 32.7 Å². The molecule has 0 amide bonds. The van der Waals surface area contributed by atoms with Crippen molar-refractivity contribution in [2.24, 2.45) is 0 Å². The minimum Gasteiger partial charge on any atom is -0.756 e. The maximum absolute atomic E-state index is 12.8. The van der Waals surface area contributed by atoms with E-state index in [0.717, 1.165) is 109 Å². The molecule has 0 aliphatic heterocycles. The largest absolute Gasteiger partial charge is 0.756 e. The molecule has 0 aromatic rings. The third-order valence-corrected chi connectivity index (χ3v) is 13.3. The molecule has 9 nitrogen and oxygen atoms in total. The molecule has 0 spiro atoms. The molecule has 0 radical (unpaired) electrons. The highest BCUT2D eigenvalue weighted by molar-refractivity contribution is 7.45. The normalized spacial score (nSPS) is 14.0. The number of hydrogen-bond donors (Lipinski definition) is 0. The molecule has 2 unspecified atom stereocenters. The highest BCUT2D eigenvalue weighted by Crippen LogP contribution is 2.38. The molecule has 0 aromatic carbocycles. The molecule has 2 atom stereocenters. The predicted molar refractivity (Wildman–Crippen MR) is 309 cm³/mol. The van der Waals surface area contributed by atoms with Gasteiger partial charge in [-0.15, -0.1) is 0 Å². The van der Waals surface area contributed by atoms with Crippen LogP contribution in [0.5, 0.6) is 0 Å². The van der Waals surface area contributed by atoms with Gasteiger partial charge in [0.15, 0.2) is 6.10 Å². The van der Waals surface area contributed by atoms with Gasteiger partial charge in [0.05, 0.1) is 27.7 Å². The van der Waals surface area contributed by atoms with Crippen LogP contribution >= 0.6 is 7.82 Å². The van der Waals surface area contributed by atoms with Gasteiger partial charge in [-0.05, 0) is 96.3 Å². The molecule has 0 rings (SSSR count). The Balaban J connectivity index is 4.14. The summed E-state index contributed by atoms with van der Waals surface area (Å²) in [5.74, 6) is -0.847. The van der Waals surface area contributed by atoms with Crippen molar-refractivity contribution in [1.29, 1.82) is 0 Å². The first-order chi connectivity index (χ1) is 35.5. The quantitative estimate of drug-likeness (QED) is 0.0195. The molecular weight excluding hydrogens is 930 g/mol. The van der Waals surface area contributed by atoms with Crippen molar-refractivity contribution in [2.75, 3.05) is 47.5 Å².